The third kappa shape index (κ3) is 2.82. The first-order valence-corrected chi connectivity index (χ1v) is 6.86. The average molecular weight is 275 g/mol. The third-order valence-electron chi connectivity index (χ3n) is 3.50. The van der Waals surface area contributed by atoms with Crippen molar-refractivity contribution < 1.29 is 9.90 Å². The fourth-order valence-corrected chi connectivity index (χ4v) is 2.56. The van der Waals surface area contributed by atoms with Crippen LogP contribution < -0.4 is 5.73 Å². The highest BCUT2D eigenvalue weighted by Gasteiger charge is 2.13. The number of nitrogens with zero attached hydrogens (tertiary/aromatic N) is 2. The Bertz CT molecular complexity index is 631. The lowest BCUT2D eigenvalue weighted by Crippen LogP contribution is -2.12. The summed E-state index contributed by atoms with van der Waals surface area (Å²) < 4.78 is 2.18. The minimum absolute atomic E-state index is 0.0820. The molecule has 0 saturated heterocycles. The second kappa shape index (κ2) is 5.63. The fraction of sp³-hybridized carbons (Fsp3) is 0.467. The van der Waals surface area contributed by atoms with Crippen molar-refractivity contribution in [3.8, 4) is 0 Å². The molecule has 5 nitrogen and oxygen atoms in total. The van der Waals surface area contributed by atoms with Gasteiger partial charge in [-0.2, -0.15) is 0 Å². The van der Waals surface area contributed by atoms with Gasteiger partial charge in [-0.05, 0) is 44.9 Å². The van der Waals surface area contributed by atoms with Crippen molar-refractivity contribution in [2.45, 2.75) is 45.7 Å². The molecular formula is C15H21N3O2. The van der Waals surface area contributed by atoms with Crippen LogP contribution in [-0.2, 0) is 4.79 Å². The number of nitrogens with two attached hydrogens (primary N) is 1. The average Bonchev–Trinajstić information content (AvgIpc) is 2.70. The van der Waals surface area contributed by atoms with Crippen molar-refractivity contribution in [3.63, 3.8) is 0 Å². The van der Waals surface area contributed by atoms with E-state index in [9.17, 15) is 4.79 Å². The number of carbonyl (C=O) groups is 1. The van der Waals surface area contributed by atoms with Crippen LogP contribution in [0.5, 0.6) is 0 Å². The zero-order valence-electron chi connectivity index (χ0n) is 12.1. The molecule has 0 spiro atoms. The lowest BCUT2D eigenvalue weighted by atomic mass is 10.0. The molecule has 0 amide bonds. The Morgan fingerprint density at radius 3 is 2.75 bits per heavy atom. The van der Waals surface area contributed by atoms with Gasteiger partial charge >= 0.3 is 5.97 Å². The first kappa shape index (κ1) is 14.5. The summed E-state index contributed by atoms with van der Waals surface area (Å²) in [6.07, 6.45) is 0.517. The number of hydrogen-bond donors (Lipinski definition) is 2. The van der Waals surface area contributed by atoms with E-state index in [4.69, 9.17) is 10.8 Å². The Labute approximate surface area is 118 Å². The first-order valence-electron chi connectivity index (χ1n) is 6.86. The molecule has 3 N–H and O–H groups in total. The Kier molecular flexibility index (Phi) is 4.09. The molecule has 0 saturated carbocycles. The number of aliphatic carboxylic acids is 1. The van der Waals surface area contributed by atoms with Crippen molar-refractivity contribution in [1.82, 2.24) is 9.55 Å². The monoisotopic (exact) mass is 275 g/mol. The zero-order valence-corrected chi connectivity index (χ0v) is 12.1. The number of rotatable bonds is 5. The van der Waals surface area contributed by atoms with E-state index in [2.05, 4.69) is 23.4 Å². The molecule has 5 heteroatoms. The normalized spacial score (nSPS) is 13.1. The summed E-state index contributed by atoms with van der Waals surface area (Å²) >= 11 is 0. The maximum Gasteiger partial charge on any atom is 0.303 e. The predicted molar refractivity (Wildman–Crippen MR) is 78.7 cm³/mol. The molecule has 0 radical (unpaired) electrons. The van der Waals surface area contributed by atoms with E-state index >= 15 is 0 Å². The lowest BCUT2D eigenvalue weighted by molar-refractivity contribution is -0.137. The molecule has 1 aromatic heterocycles. The lowest BCUT2D eigenvalue weighted by Gasteiger charge is -2.12. The summed E-state index contributed by atoms with van der Waals surface area (Å²) in [6.45, 7) is 6.24. The molecule has 0 bridgehead atoms. The first-order chi connectivity index (χ1) is 9.40. The van der Waals surface area contributed by atoms with E-state index in [0.717, 1.165) is 22.4 Å². The highest BCUT2D eigenvalue weighted by atomic mass is 16.4. The Hall–Kier alpha value is -1.88. The van der Waals surface area contributed by atoms with Gasteiger partial charge in [0, 0.05) is 18.5 Å². The van der Waals surface area contributed by atoms with Crippen LogP contribution in [0.1, 0.15) is 50.2 Å². The van der Waals surface area contributed by atoms with E-state index in [0.29, 0.717) is 12.5 Å². The van der Waals surface area contributed by atoms with Gasteiger partial charge in [-0.25, -0.2) is 4.98 Å². The van der Waals surface area contributed by atoms with E-state index in [1.807, 2.05) is 25.1 Å². The summed E-state index contributed by atoms with van der Waals surface area (Å²) in [6, 6.07) is 6.04. The van der Waals surface area contributed by atoms with Gasteiger partial charge < -0.3 is 15.4 Å². The highest BCUT2D eigenvalue weighted by molar-refractivity contribution is 5.77. The van der Waals surface area contributed by atoms with Crippen LogP contribution in [0.3, 0.4) is 0 Å². The Morgan fingerprint density at radius 2 is 2.15 bits per heavy atom. The molecule has 2 aromatic rings. The van der Waals surface area contributed by atoms with Gasteiger partial charge in [-0.1, -0.05) is 6.07 Å². The number of benzene rings is 1. The van der Waals surface area contributed by atoms with Gasteiger partial charge in [0.15, 0.2) is 0 Å². The van der Waals surface area contributed by atoms with Crippen LogP contribution in [0.25, 0.3) is 11.0 Å². The molecule has 0 aliphatic heterocycles. The summed E-state index contributed by atoms with van der Waals surface area (Å²) in [4.78, 5) is 15.2. The SMILES string of the molecule is Cc1nc2cc(C(N)CCC(=O)O)ccc2n1C(C)C. The van der Waals surface area contributed by atoms with Crippen LogP contribution in [0.15, 0.2) is 18.2 Å². The number of carboxylic acids is 1. The number of hydrogen-bond acceptors (Lipinski definition) is 3. The topological polar surface area (TPSA) is 81.1 Å². The van der Waals surface area contributed by atoms with Crippen LogP contribution in [0.2, 0.25) is 0 Å². The largest absolute Gasteiger partial charge is 0.481 e. The van der Waals surface area contributed by atoms with E-state index in [1.54, 1.807) is 0 Å². The molecule has 1 aromatic carbocycles. The second-order valence-electron chi connectivity index (χ2n) is 5.41. The van der Waals surface area contributed by atoms with Gasteiger partial charge in [-0.3, -0.25) is 4.79 Å². The summed E-state index contributed by atoms with van der Waals surface area (Å²) in [7, 11) is 0. The van der Waals surface area contributed by atoms with Crippen molar-refractivity contribution in [3.05, 3.63) is 29.6 Å². The number of imidazole rings is 1. The van der Waals surface area contributed by atoms with Crippen LogP contribution in [-0.4, -0.2) is 20.6 Å². The van der Waals surface area contributed by atoms with Gasteiger partial charge in [-0.15, -0.1) is 0 Å². The minimum Gasteiger partial charge on any atom is -0.481 e. The van der Waals surface area contributed by atoms with Crippen LogP contribution in [0.4, 0.5) is 0 Å². The summed E-state index contributed by atoms with van der Waals surface area (Å²) in [5.41, 5.74) is 8.98. The van der Waals surface area contributed by atoms with E-state index in [-0.39, 0.29) is 12.5 Å². The van der Waals surface area contributed by atoms with E-state index < -0.39 is 5.97 Å². The van der Waals surface area contributed by atoms with E-state index in [1.165, 1.54) is 0 Å². The van der Waals surface area contributed by atoms with Gasteiger partial charge in [0.05, 0.1) is 11.0 Å². The van der Waals surface area contributed by atoms with Crippen LogP contribution in [0, 0.1) is 6.92 Å². The summed E-state index contributed by atoms with van der Waals surface area (Å²) in [5.74, 6) is 0.160. The standard InChI is InChI=1S/C15H21N3O2/c1-9(2)18-10(3)17-13-8-11(4-6-14(13)18)12(16)5-7-15(19)20/h4,6,8-9,12H,5,7,16H2,1-3H3,(H,19,20). The van der Waals surface area contributed by atoms with Gasteiger partial charge in [0.25, 0.3) is 0 Å². The van der Waals surface area contributed by atoms with Crippen molar-refractivity contribution in [2.75, 3.05) is 0 Å². The third-order valence-corrected chi connectivity index (χ3v) is 3.50. The molecule has 1 atom stereocenters. The zero-order chi connectivity index (χ0) is 14.9. The van der Waals surface area contributed by atoms with Crippen LogP contribution >= 0.6 is 0 Å². The van der Waals surface area contributed by atoms with Crippen molar-refractivity contribution >= 4 is 17.0 Å². The van der Waals surface area contributed by atoms with Gasteiger partial charge in [0.2, 0.25) is 0 Å². The van der Waals surface area contributed by atoms with Gasteiger partial charge in [0.1, 0.15) is 5.82 Å². The highest BCUT2D eigenvalue weighted by Crippen LogP contribution is 2.25. The smallest absolute Gasteiger partial charge is 0.303 e. The molecule has 20 heavy (non-hydrogen) atoms. The minimum atomic E-state index is -0.818. The fourth-order valence-electron chi connectivity index (χ4n) is 2.56. The van der Waals surface area contributed by atoms with Crippen molar-refractivity contribution in [2.24, 2.45) is 5.73 Å². The maximum absolute atomic E-state index is 10.6. The Balaban J connectivity index is 2.32. The molecule has 1 heterocycles. The molecular weight excluding hydrogens is 254 g/mol. The summed E-state index contributed by atoms with van der Waals surface area (Å²) in [5, 5.41) is 8.71. The van der Waals surface area contributed by atoms with Crippen molar-refractivity contribution in [1.29, 1.82) is 0 Å². The number of carboxylic acid groups (broad SMARTS) is 1. The molecule has 1 unspecified atom stereocenters. The second-order valence-corrected chi connectivity index (χ2v) is 5.41. The molecule has 108 valence electrons. The molecule has 0 aliphatic rings. The quantitative estimate of drug-likeness (QED) is 0.879. The molecule has 0 aliphatic carbocycles. The molecule has 0 fully saturated rings. The number of aryl methyl sites for hydroxylation is 1. The number of fused-ring (bicyclic) bond motifs is 1. The molecule has 2 rings (SSSR count). The number of aromatic nitrogens is 2. The maximum atomic E-state index is 10.6. The Morgan fingerprint density at radius 1 is 1.45 bits per heavy atom. The predicted octanol–water partition coefficient (Wildman–Crippen LogP) is 2.79.